The number of nitrogens with zero attached hydrogens (tertiary/aromatic N) is 1. The smallest absolute Gasteiger partial charge is 0.355 e. The first-order valence-corrected chi connectivity index (χ1v) is 9.16. The third-order valence-electron chi connectivity index (χ3n) is 4.17. The van der Waals surface area contributed by atoms with Crippen molar-refractivity contribution in [1.29, 1.82) is 0 Å². The number of esters is 1. The molecule has 0 atom stereocenters. The van der Waals surface area contributed by atoms with Gasteiger partial charge in [-0.2, -0.15) is 0 Å². The van der Waals surface area contributed by atoms with Crippen molar-refractivity contribution in [2.45, 2.75) is 20.1 Å². The van der Waals surface area contributed by atoms with Gasteiger partial charge in [-0.25, -0.2) is 9.59 Å². The molecule has 0 aliphatic rings. The summed E-state index contributed by atoms with van der Waals surface area (Å²) in [4.78, 5) is 29.4. The molecule has 0 radical (unpaired) electrons. The maximum absolute atomic E-state index is 12.5. The monoisotopic (exact) mass is 377 g/mol. The van der Waals surface area contributed by atoms with Gasteiger partial charge in [-0.15, -0.1) is 0 Å². The number of anilines is 1. The molecule has 0 saturated heterocycles. The summed E-state index contributed by atoms with van der Waals surface area (Å²) < 4.78 is 5.34. The molecule has 0 aliphatic heterocycles. The van der Waals surface area contributed by atoms with E-state index in [-0.39, 0.29) is 12.6 Å². The van der Waals surface area contributed by atoms with Crippen molar-refractivity contribution in [2.24, 2.45) is 0 Å². The zero-order valence-corrected chi connectivity index (χ0v) is 15.7. The molecule has 0 saturated carbocycles. The van der Waals surface area contributed by atoms with Crippen LogP contribution in [0.25, 0.3) is 0 Å². The number of carbonyl (C=O) groups excluding carboxylic acids is 2. The quantitative estimate of drug-likeness (QED) is 0.609. The molecule has 3 aromatic rings. The van der Waals surface area contributed by atoms with E-state index in [2.05, 4.69) is 10.3 Å². The number of aromatic amines is 1. The number of hydrogen-bond acceptors (Lipinski definition) is 3. The fraction of sp³-hybridized carbons (Fsp3) is 0.182. The minimum absolute atomic E-state index is 0.193. The van der Waals surface area contributed by atoms with Crippen LogP contribution in [0, 0.1) is 0 Å². The van der Waals surface area contributed by atoms with E-state index in [0.29, 0.717) is 24.5 Å². The highest BCUT2D eigenvalue weighted by Gasteiger charge is 2.19. The van der Waals surface area contributed by atoms with E-state index in [4.69, 9.17) is 4.74 Å². The third kappa shape index (κ3) is 5.01. The van der Waals surface area contributed by atoms with Gasteiger partial charge in [0.05, 0.1) is 12.2 Å². The average molecular weight is 377 g/mol. The summed E-state index contributed by atoms with van der Waals surface area (Å²) in [7, 11) is 0. The number of carbonyl (C=O) groups is 2. The first kappa shape index (κ1) is 19.2. The maximum atomic E-state index is 12.5. The highest BCUT2D eigenvalue weighted by molar-refractivity contribution is 5.94. The number of ether oxygens (including phenoxy) is 1. The van der Waals surface area contributed by atoms with Gasteiger partial charge in [0.2, 0.25) is 0 Å². The molecule has 0 aliphatic carbocycles. The Morgan fingerprint density at radius 2 is 1.64 bits per heavy atom. The first-order chi connectivity index (χ1) is 13.7. The molecule has 2 amide bonds. The zero-order chi connectivity index (χ0) is 19.8. The summed E-state index contributed by atoms with van der Waals surface area (Å²) in [5, 5.41) is 2.81. The molecule has 0 spiro atoms. The molecule has 0 unspecified atom stereocenters. The topological polar surface area (TPSA) is 74.4 Å². The Morgan fingerprint density at radius 1 is 1.00 bits per heavy atom. The number of urea groups is 1. The van der Waals surface area contributed by atoms with Gasteiger partial charge in [-0.3, -0.25) is 4.90 Å². The Bertz CT molecular complexity index is 907. The van der Waals surface area contributed by atoms with Crippen LogP contribution in [0.1, 0.15) is 28.5 Å². The standard InChI is InChI=1S/C22H23N3O3/c1-2-23-22(27)25(15-17-9-5-3-6-10-17)19-13-20(24-14-19)21(26)28-16-18-11-7-4-8-12-18/h3-14,24H,2,15-16H2,1H3,(H,23,27). The van der Waals surface area contributed by atoms with Crippen LogP contribution in [0.4, 0.5) is 10.5 Å². The van der Waals surface area contributed by atoms with Crippen molar-refractivity contribution in [2.75, 3.05) is 11.4 Å². The Hall–Kier alpha value is -3.54. The fourth-order valence-electron chi connectivity index (χ4n) is 2.75. The SMILES string of the molecule is CCNC(=O)N(Cc1ccccc1)c1c[nH]c(C(=O)OCc2ccccc2)c1. The van der Waals surface area contributed by atoms with Crippen LogP contribution in [0.2, 0.25) is 0 Å². The Kier molecular flexibility index (Phi) is 6.46. The van der Waals surface area contributed by atoms with Crippen LogP contribution in [-0.2, 0) is 17.9 Å². The molecular weight excluding hydrogens is 354 g/mol. The van der Waals surface area contributed by atoms with Crippen molar-refractivity contribution in [3.05, 3.63) is 89.7 Å². The average Bonchev–Trinajstić information content (AvgIpc) is 3.22. The van der Waals surface area contributed by atoms with E-state index in [1.807, 2.05) is 67.6 Å². The van der Waals surface area contributed by atoms with Crippen molar-refractivity contribution >= 4 is 17.7 Å². The Morgan fingerprint density at radius 3 is 2.29 bits per heavy atom. The molecule has 6 heteroatoms. The normalized spacial score (nSPS) is 10.3. The van der Waals surface area contributed by atoms with Crippen LogP contribution in [-0.4, -0.2) is 23.5 Å². The highest BCUT2D eigenvalue weighted by atomic mass is 16.5. The number of H-pyrrole nitrogens is 1. The van der Waals surface area contributed by atoms with Gasteiger partial charge in [0.1, 0.15) is 12.3 Å². The van der Waals surface area contributed by atoms with Gasteiger partial charge in [0.15, 0.2) is 0 Å². The number of rotatable bonds is 7. The van der Waals surface area contributed by atoms with Gasteiger partial charge in [-0.1, -0.05) is 60.7 Å². The van der Waals surface area contributed by atoms with Gasteiger partial charge in [0.25, 0.3) is 0 Å². The molecule has 1 heterocycles. The third-order valence-corrected chi connectivity index (χ3v) is 4.17. The summed E-state index contributed by atoms with van der Waals surface area (Å²) in [6, 6.07) is 20.6. The van der Waals surface area contributed by atoms with E-state index in [1.165, 1.54) is 0 Å². The molecular formula is C22H23N3O3. The van der Waals surface area contributed by atoms with Crippen molar-refractivity contribution in [3.63, 3.8) is 0 Å². The number of amides is 2. The highest BCUT2D eigenvalue weighted by Crippen LogP contribution is 2.20. The minimum Gasteiger partial charge on any atom is -0.456 e. The van der Waals surface area contributed by atoms with Crippen molar-refractivity contribution in [1.82, 2.24) is 10.3 Å². The van der Waals surface area contributed by atoms with Crippen LogP contribution in [0.3, 0.4) is 0 Å². The molecule has 1 aromatic heterocycles. The van der Waals surface area contributed by atoms with Crippen LogP contribution in [0.15, 0.2) is 72.9 Å². The molecule has 6 nitrogen and oxygen atoms in total. The van der Waals surface area contributed by atoms with Gasteiger partial charge in [0, 0.05) is 12.7 Å². The molecule has 28 heavy (non-hydrogen) atoms. The molecule has 3 rings (SSSR count). The zero-order valence-electron chi connectivity index (χ0n) is 15.7. The summed E-state index contributed by atoms with van der Waals surface area (Å²) in [5.41, 5.74) is 2.80. The molecule has 0 fully saturated rings. The number of hydrogen-bond donors (Lipinski definition) is 2. The van der Waals surface area contributed by atoms with Gasteiger partial charge < -0.3 is 15.0 Å². The lowest BCUT2D eigenvalue weighted by Crippen LogP contribution is -2.39. The van der Waals surface area contributed by atoms with E-state index in [9.17, 15) is 9.59 Å². The fourth-order valence-corrected chi connectivity index (χ4v) is 2.75. The van der Waals surface area contributed by atoms with E-state index >= 15 is 0 Å². The van der Waals surface area contributed by atoms with E-state index in [1.54, 1.807) is 17.2 Å². The number of aromatic nitrogens is 1. The molecule has 0 bridgehead atoms. The van der Waals surface area contributed by atoms with E-state index in [0.717, 1.165) is 11.1 Å². The van der Waals surface area contributed by atoms with Crippen LogP contribution >= 0.6 is 0 Å². The molecule has 144 valence electrons. The summed E-state index contributed by atoms with van der Waals surface area (Å²) >= 11 is 0. The van der Waals surface area contributed by atoms with Crippen molar-refractivity contribution < 1.29 is 14.3 Å². The predicted octanol–water partition coefficient (Wildman–Crippen LogP) is 4.11. The molecule has 2 N–H and O–H groups in total. The van der Waals surface area contributed by atoms with E-state index < -0.39 is 5.97 Å². The molecule has 2 aromatic carbocycles. The predicted molar refractivity (Wildman–Crippen MR) is 108 cm³/mol. The van der Waals surface area contributed by atoms with Crippen molar-refractivity contribution in [3.8, 4) is 0 Å². The Balaban J connectivity index is 1.72. The summed E-state index contributed by atoms with van der Waals surface area (Å²) in [5.74, 6) is -0.467. The lowest BCUT2D eigenvalue weighted by molar-refractivity contribution is 0.0466. The number of nitrogens with one attached hydrogen (secondary N) is 2. The minimum atomic E-state index is -0.467. The lowest BCUT2D eigenvalue weighted by atomic mass is 10.2. The maximum Gasteiger partial charge on any atom is 0.355 e. The summed E-state index contributed by atoms with van der Waals surface area (Å²) in [6.07, 6.45) is 1.64. The lowest BCUT2D eigenvalue weighted by Gasteiger charge is -2.21. The second-order valence-electron chi connectivity index (χ2n) is 6.24. The summed E-state index contributed by atoms with van der Waals surface area (Å²) in [6.45, 7) is 2.96. The second kappa shape index (κ2) is 9.41. The largest absolute Gasteiger partial charge is 0.456 e. The van der Waals surface area contributed by atoms with Crippen LogP contribution in [0.5, 0.6) is 0 Å². The van der Waals surface area contributed by atoms with Gasteiger partial charge >= 0.3 is 12.0 Å². The Labute approximate surface area is 164 Å². The van der Waals surface area contributed by atoms with Gasteiger partial charge in [-0.05, 0) is 24.1 Å². The number of benzene rings is 2. The first-order valence-electron chi connectivity index (χ1n) is 9.16. The van der Waals surface area contributed by atoms with Crippen LogP contribution < -0.4 is 10.2 Å². The second-order valence-corrected chi connectivity index (χ2v) is 6.24.